The van der Waals surface area contributed by atoms with Gasteiger partial charge in [-0.15, -0.1) is 0 Å². The van der Waals surface area contributed by atoms with Crippen LogP contribution in [-0.2, 0) is 0 Å². The summed E-state index contributed by atoms with van der Waals surface area (Å²) in [6, 6.07) is 9.34. The molecule has 5 heteroatoms. The summed E-state index contributed by atoms with van der Waals surface area (Å²) in [6.07, 6.45) is 0. The van der Waals surface area contributed by atoms with Crippen molar-refractivity contribution in [1.82, 2.24) is 0 Å². The van der Waals surface area contributed by atoms with Gasteiger partial charge >= 0.3 is 0 Å². The summed E-state index contributed by atoms with van der Waals surface area (Å²) in [7, 11) is 0. The third kappa shape index (κ3) is 3.50. The molecule has 0 aliphatic carbocycles. The Morgan fingerprint density at radius 3 is 2.47 bits per heavy atom. The van der Waals surface area contributed by atoms with Gasteiger partial charge in [-0.3, -0.25) is 4.79 Å². The molecule has 0 aliphatic rings. The van der Waals surface area contributed by atoms with E-state index in [0.29, 0.717) is 20.5 Å². The van der Waals surface area contributed by atoms with Crippen LogP contribution in [0.3, 0.4) is 0 Å². The zero-order valence-corrected chi connectivity index (χ0v) is 12.2. The lowest BCUT2D eigenvalue weighted by atomic mass is 10.1. The second-order valence-electron chi connectivity index (χ2n) is 3.87. The molecule has 19 heavy (non-hydrogen) atoms. The predicted molar refractivity (Wildman–Crippen MR) is 77.0 cm³/mol. The Labute approximate surface area is 124 Å². The van der Waals surface area contributed by atoms with Gasteiger partial charge in [-0.05, 0) is 43.3 Å². The molecule has 2 aromatic carbocycles. The molecule has 0 amide bonds. The molecule has 0 unspecified atom stereocenters. The van der Waals surface area contributed by atoms with Gasteiger partial charge in [-0.2, -0.15) is 0 Å². The fraction of sp³-hybridized carbons (Fsp3) is 0.0714. The van der Waals surface area contributed by atoms with E-state index in [4.69, 9.17) is 23.2 Å². The van der Waals surface area contributed by atoms with Gasteiger partial charge in [0.25, 0.3) is 0 Å². The number of Topliss-reactive ketones (excluding diaryl/α,β-unsaturated/α-hetero) is 1. The van der Waals surface area contributed by atoms with Gasteiger partial charge in [-0.1, -0.05) is 35.0 Å². The topological polar surface area (TPSA) is 17.1 Å². The van der Waals surface area contributed by atoms with Crippen molar-refractivity contribution in [2.45, 2.75) is 16.7 Å². The van der Waals surface area contributed by atoms with E-state index in [1.54, 1.807) is 24.3 Å². The molecule has 0 fully saturated rings. The summed E-state index contributed by atoms with van der Waals surface area (Å²) in [5.74, 6) is -0.606. The van der Waals surface area contributed by atoms with Crippen molar-refractivity contribution in [2.75, 3.05) is 0 Å². The molecule has 0 N–H and O–H groups in total. The summed E-state index contributed by atoms with van der Waals surface area (Å²) >= 11 is 13.1. The zero-order chi connectivity index (χ0) is 14.0. The molecule has 0 aromatic heterocycles. The van der Waals surface area contributed by atoms with Gasteiger partial charge < -0.3 is 0 Å². The van der Waals surface area contributed by atoms with Gasteiger partial charge in [0.1, 0.15) is 5.82 Å². The number of ketones is 1. The molecule has 98 valence electrons. The van der Waals surface area contributed by atoms with E-state index < -0.39 is 5.82 Å². The molecule has 2 rings (SSSR count). The molecule has 0 saturated heterocycles. The minimum Gasteiger partial charge on any atom is -0.294 e. The molecule has 0 radical (unpaired) electrons. The first-order valence-corrected chi connectivity index (χ1v) is 6.98. The number of carbonyl (C=O) groups excluding carboxylic acids is 1. The van der Waals surface area contributed by atoms with Crippen LogP contribution in [0.1, 0.15) is 17.3 Å². The van der Waals surface area contributed by atoms with Crippen LogP contribution in [0, 0.1) is 5.82 Å². The van der Waals surface area contributed by atoms with Crippen molar-refractivity contribution in [3.63, 3.8) is 0 Å². The Morgan fingerprint density at radius 1 is 1.11 bits per heavy atom. The van der Waals surface area contributed by atoms with Gasteiger partial charge in [0.15, 0.2) is 5.78 Å². The number of halogens is 3. The maximum absolute atomic E-state index is 13.2. The van der Waals surface area contributed by atoms with Crippen LogP contribution in [-0.4, -0.2) is 5.78 Å². The Hall–Kier alpha value is -1.03. The average molecular weight is 315 g/mol. The highest BCUT2D eigenvalue weighted by Gasteiger charge is 2.10. The Kier molecular flexibility index (Phi) is 4.50. The highest BCUT2D eigenvalue weighted by Crippen LogP contribution is 2.34. The summed E-state index contributed by atoms with van der Waals surface area (Å²) in [4.78, 5) is 13.0. The van der Waals surface area contributed by atoms with Gasteiger partial charge in [0, 0.05) is 15.4 Å². The van der Waals surface area contributed by atoms with Crippen LogP contribution < -0.4 is 0 Å². The van der Waals surface area contributed by atoms with E-state index in [1.807, 2.05) is 0 Å². The first-order chi connectivity index (χ1) is 8.97. The number of hydrogen-bond donors (Lipinski definition) is 0. The average Bonchev–Trinajstić information content (AvgIpc) is 2.36. The summed E-state index contributed by atoms with van der Waals surface area (Å²) in [5.41, 5.74) is 0.357. The number of rotatable bonds is 3. The molecule has 0 heterocycles. The predicted octanol–water partition coefficient (Wildman–Crippen LogP) is 5.49. The van der Waals surface area contributed by atoms with E-state index in [9.17, 15) is 9.18 Å². The Balaban J connectivity index is 2.37. The van der Waals surface area contributed by atoms with E-state index >= 15 is 0 Å². The lowest BCUT2D eigenvalue weighted by Gasteiger charge is -2.07. The zero-order valence-electron chi connectivity index (χ0n) is 9.91. The molecular formula is C14H9Cl2FOS. The third-order valence-electron chi connectivity index (χ3n) is 2.44. The molecule has 0 aliphatic heterocycles. The SMILES string of the molecule is CC(=O)c1cc(F)ccc1Sc1ccc(Cl)c(Cl)c1. The highest BCUT2D eigenvalue weighted by atomic mass is 35.5. The van der Waals surface area contributed by atoms with E-state index in [0.717, 1.165) is 4.90 Å². The van der Waals surface area contributed by atoms with Crippen LogP contribution >= 0.6 is 35.0 Å². The van der Waals surface area contributed by atoms with Crippen LogP contribution in [0.15, 0.2) is 46.2 Å². The second kappa shape index (κ2) is 5.95. The van der Waals surface area contributed by atoms with Gasteiger partial charge in [0.2, 0.25) is 0 Å². The smallest absolute Gasteiger partial charge is 0.161 e. The van der Waals surface area contributed by atoms with Crippen LogP contribution in [0.25, 0.3) is 0 Å². The minimum atomic E-state index is -0.427. The first kappa shape index (κ1) is 14.4. The summed E-state index contributed by atoms with van der Waals surface area (Å²) < 4.78 is 13.2. The molecule has 2 aromatic rings. The standard InChI is InChI=1S/C14H9Cl2FOS/c1-8(18)11-6-9(17)2-5-14(11)19-10-3-4-12(15)13(16)7-10/h2-7H,1H3. The summed E-state index contributed by atoms with van der Waals surface area (Å²) in [5, 5.41) is 0.912. The van der Waals surface area contributed by atoms with Crippen molar-refractivity contribution in [3.05, 3.63) is 57.8 Å². The lowest BCUT2D eigenvalue weighted by Crippen LogP contribution is -1.96. The molecule has 0 atom stereocenters. The summed E-state index contributed by atoms with van der Waals surface area (Å²) in [6.45, 7) is 1.41. The van der Waals surface area contributed by atoms with Gasteiger partial charge in [-0.25, -0.2) is 4.39 Å². The highest BCUT2D eigenvalue weighted by molar-refractivity contribution is 7.99. The molecule has 0 bridgehead atoms. The molecule has 0 spiro atoms. The quantitative estimate of drug-likeness (QED) is 0.697. The largest absolute Gasteiger partial charge is 0.294 e. The van der Waals surface area contributed by atoms with Crippen molar-refractivity contribution >= 4 is 40.7 Å². The minimum absolute atomic E-state index is 0.179. The Bertz CT molecular complexity index is 643. The lowest BCUT2D eigenvalue weighted by molar-refractivity contribution is 0.101. The van der Waals surface area contributed by atoms with E-state index in [-0.39, 0.29) is 5.78 Å². The van der Waals surface area contributed by atoms with Crippen molar-refractivity contribution in [3.8, 4) is 0 Å². The first-order valence-electron chi connectivity index (χ1n) is 5.41. The van der Waals surface area contributed by atoms with Crippen molar-refractivity contribution in [1.29, 1.82) is 0 Å². The Morgan fingerprint density at radius 2 is 1.84 bits per heavy atom. The molecule has 0 saturated carbocycles. The third-order valence-corrected chi connectivity index (χ3v) is 4.24. The van der Waals surface area contributed by atoms with E-state index in [2.05, 4.69) is 0 Å². The van der Waals surface area contributed by atoms with Crippen molar-refractivity contribution in [2.24, 2.45) is 0 Å². The van der Waals surface area contributed by atoms with Crippen molar-refractivity contribution < 1.29 is 9.18 Å². The number of benzene rings is 2. The second-order valence-corrected chi connectivity index (χ2v) is 5.80. The normalized spacial score (nSPS) is 10.5. The van der Waals surface area contributed by atoms with Crippen LogP contribution in [0.4, 0.5) is 4.39 Å². The maximum Gasteiger partial charge on any atom is 0.161 e. The molecular weight excluding hydrogens is 306 g/mol. The van der Waals surface area contributed by atoms with Crippen LogP contribution in [0.2, 0.25) is 10.0 Å². The number of hydrogen-bond acceptors (Lipinski definition) is 2. The maximum atomic E-state index is 13.2. The van der Waals surface area contributed by atoms with E-state index in [1.165, 1.54) is 30.8 Å². The fourth-order valence-corrected chi connectivity index (χ4v) is 2.91. The van der Waals surface area contributed by atoms with Crippen LogP contribution in [0.5, 0.6) is 0 Å². The monoisotopic (exact) mass is 314 g/mol. The molecule has 1 nitrogen and oxygen atoms in total. The van der Waals surface area contributed by atoms with Gasteiger partial charge in [0.05, 0.1) is 10.0 Å². The number of carbonyl (C=O) groups is 1. The fourth-order valence-electron chi connectivity index (χ4n) is 1.53.